The van der Waals surface area contributed by atoms with Crippen LogP contribution in [-0.4, -0.2) is 50.3 Å². The molecule has 0 saturated heterocycles. The van der Waals surface area contributed by atoms with Gasteiger partial charge in [-0.1, -0.05) is 35.4 Å². The summed E-state index contributed by atoms with van der Waals surface area (Å²) in [5, 5.41) is 12.7. The van der Waals surface area contributed by atoms with Crippen molar-refractivity contribution in [3.63, 3.8) is 0 Å². The molecule has 0 atom stereocenters. The molecular formula is C26H28ClN5O3. The van der Waals surface area contributed by atoms with E-state index in [1.54, 1.807) is 18.8 Å². The summed E-state index contributed by atoms with van der Waals surface area (Å²) < 4.78 is 12.3. The highest BCUT2D eigenvalue weighted by atomic mass is 35.5. The van der Waals surface area contributed by atoms with Gasteiger partial charge in [0, 0.05) is 26.3 Å². The van der Waals surface area contributed by atoms with E-state index < -0.39 is 5.91 Å². The molecule has 8 nitrogen and oxygen atoms in total. The van der Waals surface area contributed by atoms with Crippen molar-refractivity contribution in [3.05, 3.63) is 70.0 Å². The van der Waals surface area contributed by atoms with Gasteiger partial charge in [-0.05, 0) is 49.2 Å². The molecule has 0 spiro atoms. The van der Waals surface area contributed by atoms with Crippen molar-refractivity contribution in [3.8, 4) is 23.3 Å². The number of imidazole rings is 1. The molecule has 0 bridgehead atoms. The second kappa shape index (κ2) is 11.4. The Morgan fingerprint density at radius 2 is 1.86 bits per heavy atom. The summed E-state index contributed by atoms with van der Waals surface area (Å²) in [7, 11) is 6.84. The van der Waals surface area contributed by atoms with Crippen molar-refractivity contribution in [2.24, 2.45) is 0 Å². The first kappa shape index (κ1) is 25.7. The first-order valence-corrected chi connectivity index (χ1v) is 11.3. The van der Waals surface area contributed by atoms with Crippen molar-refractivity contribution in [2.75, 3.05) is 39.8 Å². The van der Waals surface area contributed by atoms with Gasteiger partial charge in [-0.2, -0.15) is 5.26 Å². The van der Waals surface area contributed by atoms with Crippen molar-refractivity contribution in [1.82, 2.24) is 14.9 Å². The van der Waals surface area contributed by atoms with Crippen molar-refractivity contribution in [1.29, 1.82) is 5.26 Å². The molecule has 0 aliphatic rings. The van der Waals surface area contributed by atoms with E-state index in [-0.39, 0.29) is 5.57 Å². The summed E-state index contributed by atoms with van der Waals surface area (Å²) in [4.78, 5) is 19.1. The van der Waals surface area contributed by atoms with Gasteiger partial charge in [-0.15, -0.1) is 0 Å². The number of nitrogens with zero attached hydrogens (tertiary/aromatic N) is 4. The zero-order valence-corrected chi connectivity index (χ0v) is 21.2. The van der Waals surface area contributed by atoms with Crippen LogP contribution in [0.3, 0.4) is 0 Å². The number of carbonyl (C=O) groups excluding carboxylic acids is 1. The van der Waals surface area contributed by atoms with Crippen molar-refractivity contribution >= 4 is 29.5 Å². The van der Waals surface area contributed by atoms with Crippen LogP contribution in [0.4, 0.5) is 5.95 Å². The number of methoxy groups -OCH3 is 2. The Kier molecular flexibility index (Phi) is 8.39. The maximum absolute atomic E-state index is 12.7. The highest BCUT2D eigenvalue weighted by Crippen LogP contribution is 2.30. The number of halogens is 1. The van der Waals surface area contributed by atoms with E-state index >= 15 is 0 Å². The Morgan fingerprint density at radius 1 is 1.17 bits per heavy atom. The lowest BCUT2D eigenvalue weighted by atomic mass is 10.1. The number of aryl methyl sites for hydroxylation is 1. The van der Waals surface area contributed by atoms with Crippen LogP contribution in [0.1, 0.15) is 16.8 Å². The summed E-state index contributed by atoms with van der Waals surface area (Å²) in [5.74, 6) is 1.33. The van der Waals surface area contributed by atoms with E-state index in [1.807, 2.05) is 74.5 Å². The fourth-order valence-electron chi connectivity index (χ4n) is 3.46. The number of hydrogen-bond acceptors (Lipinski definition) is 6. The summed E-state index contributed by atoms with van der Waals surface area (Å²) in [6, 6.07) is 15.4. The average Bonchev–Trinajstić information content (AvgIpc) is 3.18. The lowest BCUT2D eigenvalue weighted by molar-refractivity contribution is -0.117. The largest absolute Gasteiger partial charge is 0.493 e. The number of anilines is 1. The van der Waals surface area contributed by atoms with Crippen LogP contribution in [0.25, 0.3) is 11.8 Å². The monoisotopic (exact) mass is 493 g/mol. The molecule has 3 aromatic rings. The Bertz CT molecular complexity index is 1270. The number of carbonyl (C=O) groups is 1. The fraction of sp³-hybridized carbons (Fsp3) is 0.269. The molecule has 0 aliphatic carbocycles. The van der Waals surface area contributed by atoms with E-state index in [1.165, 1.54) is 6.08 Å². The fourth-order valence-corrected chi connectivity index (χ4v) is 3.73. The molecule has 0 radical (unpaired) electrons. The molecule has 1 heterocycles. The number of amides is 1. The number of aromatic nitrogens is 2. The topological polar surface area (TPSA) is 92.4 Å². The van der Waals surface area contributed by atoms with Crippen LogP contribution >= 0.6 is 11.6 Å². The Balaban J connectivity index is 1.79. The normalized spacial score (nSPS) is 11.1. The predicted molar refractivity (Wildman–Crippen MR) is 137 cm³/mol. The van der Waals surface area contributed by atoms with E-state index in [4.69, 9.17) is 21.1 Å². The number of nitriles is 1. The molecule has 1 amide bonds. The Labute approximate surface area is 210 Å². The van der Waals surface area contributed by atoms with E-state index in [9.17, 15) is 10.1 Å². The molecular weight excluding hydrogens is 466 g/mol. The number of rotatable bonds is 9. The minimum absolute atomic E-state index is 0.0851. The molecule has 182 valence electrons. The first-order chi connectivity index (χ1) is 16.8. The molecule has 9 heteroatoms. The lowest BCUT2D eigenvalue weighted by Gasteiger charge is -2.15. The number of hydrogen-bond donors (Lipinski definition) is 1. The third kappa shape index (κ3) is 5.94. The van der Waals surface area contributed by atoms with Gasteiger partial charge >= 0.3 is 0 Å². The van der Waals surface area contributed by atoms with Gasteiger partial charge in [0.15, 0.2) is 11.5 Å². The zero-order chi connectivity index (χ0) is 25.5. The second-order valence-corrected chi connectivity index (χ2v) is 8.38. The smallest absolute Gasteiger partial charge is 0.262 e. The number of ether oxygens (including phenoxy) is 2. The predicted octanol–water partition coefficient (Wildman–Crippen LogP) is 4.18. The quantitative estimate of drug-likeness (QED) is 0.355. The van der Waals surface area contributed by atoms with Gasteiger partial charge in [0.2, 0.25) is 5.95 Å². The minimum atomic E-state index is -0.500. The minimum Gasteiger partial charge on any atom is -0.493 e. The SMILES string of the molecule is COc1ccc(CCNC(=O)C(C#N)=Cc2nc(N(C)C)n(-c3ccc(C)cc3)c2Cl)cc1OC. The summed E-state index contributed by atoms with van der Waals surface area (Å²) in [5.41, 5.74) is 3.16. The highest BCUT2D eigenvalue weighted by Gasteiger charge is 2.19. The summed E-state index contributed by atoms with van der Waals surface area (Å²) >= 11 is 6.66. The lowest BCUT2D eigenvalue weighted by Crippen LogP contribution is -2.26. The first-order valence-electron chi connectivity index (χ1n) is 10.9. The molecule has 2 aromatic carbocycles. The van der Waals surface area contributed by atoms with Gasteiger partial charge < -0.3 is 19.7 Å². The molecule has 35 heavy (non-hydrogen) atoms. The van der Waals surface area contributed by atoms with Gasteiger partial charge in [-0.3, -0.25) is 9.36 Å². The molecule has 3 rings (SSSR count). The highest BCUT2D eigenvalue weighted by molar-refractivity contribution is 6.31. The average molecular weight is 494 g/mol. The zero-order valence-electron chi connectivity index (χ0n) is 20.4. The van der Waals surface area contributed by atoms with Gasteiger partial charge in [0.05, 0.1) is 14.2 Å². The van der Waals surface area contributed by atoms with E-state index in [2.05, 4.69) is 10.3 Å². The van der Waals surface area contributed by atoms with Crippen molar-refractivity contribution < 1.29 is 14.3 Å². The van der Waals surface area contributed by atoms with E-state index in [0.717, 1.165) is 16.8 Å². The maximum Gasteiger partial charge on any atom is 0.262 e. The number of nitrogens with one attached hydrogen (secondary N) is 1. The second-order valence-electron chi connectivity index (χ2n) is 8.02. The van der Waals surface area contributed by atoms with Crippen LogP contribution in [0.5, 0.6) is 11.5 Å². The standard InChI is InChI=1S/C26H28ClN5O3/c1-17-6-9-20(10-7-17)32-24(27)21(30-26(32)31(2)3)15-19(16-28)25(33)29-13-12-18-8-11-22(34-4)23(14-18)35-5/h6-11,14-15H,12-13H2,1-5H3,(H,29,33). The van der Waals surface area contributed by atoms with E-state index in [0.29, 0.717) is 41.3 Å². The molecule has 0 aliphatic heterocycles. The Hall–Kier alpha value is -3.96. The van der Waals surface area contributed by atoms with Gasteiger partial charge in [0.1, 0.15) is 22.5 Å². The van der Waals surface area contributed by atoms with Crippen LogP contribution in [0, 0.1) is 18.3 Å². The Morgan fingerprint density at radius 3 is 2.46 bits per heavy atom. The van der Waals surface area contributed by atoms with Crippen LogP contribution in [0.15, 0.2) is 48.0 Å². The number of benzene rings is 2. The molecule has 0 unspecified atom stereocenters. The molecule has 0 saturated carbocycles. The van der Waals surface area contributed by atoms with Crippen LogP contribution in [-0.2, 0) is 11.2 Å². The summed E-state index contributed by atoms with van der Waals surface area (Å²) in [6.45, 7) is 2.34. The molecule has 1 aromatic heterocycles. The molecule has 1 N–H and O–H groups in total. The maximum atomic E-state index is 12.7. The van der Waals surface area contributed by atoms with Crippen molar-refractivity contribution in [2.45, 2.75) is 13.3 Å². The van der Waals surface area contributed by atoms with Gasteiger partial charge in [-0.25, -0.2) is 4.98 Å². The third-order valence-corrected chi connectivity index (χ3v) is 5.68. The molecule has 0 fully saturated rings. The van der Waals surface area contributed by atoms with Crippen LogP contribution < -0.4 is 19.7 Å². The van der Waals surface area contributed by atoms with Crippen LogP contribution in [0.2, 0.25) is 5.15 Å². The third-order valence-electron chi connectivity index (χ3n) is 5.31. The summed E-state index contributed by atoms with van der Waals surface area (Å²) in [6.07, 6.45) is 1.96. The van der Waals surface area contributed by atoms with Gasteiger partial charge in [0.25, 0.3) is 5.91 Å².